The van der Waals surface area contributed by atoms with E-state index in [1.165, 1.54) is 24.3 Å². The van der Waals surface area contributed by atoms with E-state index in [-0.39, 0.29) is 17.7 Å². The van der Waals surface area contributed by atoms with E-state index in [4.69, 9.17) is 5.11 Å². The number of aliphatic hydroxyl groups excluding tert-OH is 2. The van der Waals surface area contributed by atoms with Crippen molar-refractivity contribution < 1.29 is 29.3 Å². The second-order valence-electron chi connectivity index (χ2n) is 4.98. The van der Waals surface area contributed by atoms with E-state index in [1.54, 1.807) is 0 Å². The van der Waals surface area contributed by atoms with Gasteiger partial charge in [0.1, 0.15) is 12.5 Å². The predicted octanol–water partition coefficient (Wildman–Crippen LogP) is 0.0282. The van der Waals surface area contributed by atoms with E-state index < -0.39 is 42.4 Å². The number of hydrogen-bond donors (Lipinski definition) is 5. The molecule has 132 valence electrons. The molecular formula is C16H16FN3O5. The van der Waals surface area contributed by atoms with E-state index in [1.807, 2.05) is 5.32 Å². The van der Waals surface area contributed by atoms with Crippen LogP contribution >= 0.6 is 0 Å². The maximum atomic E-state index is 12.9. The third-order valence-corrected chi connectivity index (χ3v) is 3.38. The lowest BCUT2D eigenvalue weighted by atomic mass is 10.1. The molecule has 9 heteroatoms. The number of halogens is 1. The van der Waals surface area contributed by atoms with Crippen molar-refractivity contribution in [3.8, 4) is 5.75 Å². The van der Waals surface area contributed by atoms with Gasteiger partial charge < -0.3 is 26.0 Å². The van der Waals surface area contributed by atoms with Crippen molar-refractivity contribution in [1.29, 1.82) is 0 Å². The number of benzene rings is 1. The molecule has 0 aliphatic carbocycles. The van der Waals surface area contributed by atoms with Gasteiger partial charge in [-0.15, -0.1) is 0 Å². The summed E-state index contributed by atoms with van der Waals surface area (Å²) < 4.78 is 12.9. The fraction of sp³-hybridized carbons (Fsp3) is 0.188. The highest BCUT2D eigenvalue weighted by atomic mass is 19.1. The lowest BCUT2D eigenvalue weighted by Gasteiger charge is -2.12. The number of aliphatic hydroxyl groups is 2. The average Bonchev–Trinajstić information content (AvgIpc) is 2.60. The summed E-state index contributed by atoms with van der Waals surface area (Å²) in [5.74, 6) is -2.54. The van der Waals surface area contributed by atoms with E-state index in [0.29, 0.717) is 5.56 Å². The summed E-state index contributed by atoms with van der Waals surface area (Å²) in [7, 11) is 0. The molecule has 0 aliphatic heterocycles. The van der Waals surface area contributed by atoms with Crippen molar-refractivity contribution in [3.63, 3.8) is 0 Å². The Bertz CT molecular complexity index is 780. The molecule has 0 fully saturated rings. The van der Waals surface area contributed by atoms with E-state index in [9.17, 15) is 24.2 Å². The zero-order valence-corrected chi connectivity index (χ0v) is 13.0. The molecule has 0 aliphatic rings. The van der Waals surface area contributed by atoms with Gasteiger partial charge in [-0.1, -0.05) is 12.1 Å². The minimum atomic E-state index is -0.854. The van der Waals surface area contributed by atoms with Gasteiger partial charge in [0.15, 0.2) is 11.4 Å². The maximum absolute atomic E-state index is 12.9. The largest absolute Gasteiger partial charge is 0.505 e. The molecule has 0 bridgehead atoms. The van der Waals surface area contributed by atoms with Gasteiger partial charge in [0.25, 0.3) is 11.8 Å². The van der Waals surface area contributed by atoms with E-state index >= 15 is 0 Å². The Morgan fingerprint density at radius 1 is 1.08 bits per heavy atom. The van der Waals surface area contributed by atoms with Crippen molar-refractivity contribution in [3.05, 3.63) is 58.7 Å². The van der Waals surface area contributed by atoms with Crippen molar-refractivity contribution in [1.82, 2.24) is 15.6 Å². The second kappa shape index (κ2) is 8.18. The minimum Gasteiger partial charge on any atom is -0.505 e. The highest BCUT2D eigenvalue weighted by molar-refractivity contribution is 5.99. The van der Waals surface area contributed by atoms with Gasteiger partial charge in [-0.05, 0) is 17.7 Å². The van der Waals surface area contributed by atoms with Gasteiger partial charge in [-0.25, -0.2) is 9.37 Å². The first kappa shape index (κ1) is 18.3. The quantitative estimate of drug-likeness (QED) is 0.468. The van der Waals surface area contributed by atoms with Crippen LogP contribution in [0.3, 0.4) is 0 Å². The SMILES string of the molecule is O=C(NCc1ccc(F)cc1)c1cnc(C(=O)NCO)c(O)c1CO. The first-order valence-corrected chi connectivity index (χ1v) is 7.21. The Hall–Kier alpha value is -3.04. The summed E-state index contributed by atoms with van der Waals surface area (Å²) >= 11 is 0. The Morgan fingerprint density at radius 2 is 1.76 bits per heavy atom. The van der Waals surface area contributed by atoms with Crippen molar-refractivity contribution in [2.45, 2.75) is 13.2 Å². The standard InChI is InChI=1S/C16H16FN3O5/c17-10-3-1-9(2-4-10)5-19-15(24)11-6-18-13(16(25)20-8-22)14(23)12(11)7-21/h1-4,6,21-23H,5,7-8H2,(H,19,24)(H,20,25). The van der Waals surface area contributed by atoms with Crippen LogP contribution in [0.15, 0.2) is 30.5 Å². The highest BCUT2D eigenvalue weighted by Gasteiger charge is 2.22. The van der Waals surface area contributed by atoms with Crippen LogP contribution in [0, 0.1) is 5.82 Å². The number of hydrogen-bond acceptors (Lipinski definition) is 6. The zero-order chi connectivity index (χ0) is 18.4. The fourth-order valence-electron chi connectivity index (χ4n) is 2.10. The van der Waals surface area contributed by atoms with Crippen LogP contribution in [0.25, 0.3) is 0 Å². The summed E-state index contributed by atoms with van der Waals surface area (Å²) in [6, 6.07) is 5.51. The van der Waals surface area contributed by atoms with E-state index in [0.717, 1.165) is 6.20 Å². The number of pyridine rings is 1. The molecule has 2 rings (SSSR count). The van der Waals surface area contributed by atoms with Crippen molar-refractivity contribution >= 4 is 11.8 Å². The summed E-state index contributed by atoms with van der Waals surface area (Å²) in [6.45, 7) is -1.27. The van der Waals surface area contributed by atoms with Crippen LogP contribution in [0.2, 0.25) is 0 Å². The molecule has 0 atom stereocenters. The van der Waals surface area contributed by atoms with Crippen LogP contribution in [0.4, 0.5) is 4.39 Å². The third-order valence-electron chi connectivity index (χ3n) is 3.38. The van der Waals surface area contributed by atoms with Gasteiger partial charge in [-0.2, -0.15) is 0 Å². The Balaban J connectivity index is 2.19. The summed E-state index contributed by atoms with van der Waals surface area (Å²) in [5.41, 5.74) is -0.0537. The molecular weight excluding hydrogens is 333 g/mol. The fourth-order valence-corrected chi connectivity index (χ4v) is 2.10. The number of carbonyl (C=O) groups excluding carboxylic acids is 2. The molecule has 1 aromatic heterocycles. The Kier molecular flexibility index (Phi) is 5.98. The number of aromatic nitrogens is 1. The van der Waals surface area contributed by atoms with Crippen molar-refractivity contribution in [2.75, 3.05) is 6.73 Å². The lowest BCUT2D eigenvalue weighted by Crippen LogP contribution is -2.27. The number of nitrogens with one attached hydrogen (secondary N) is 2. The van der Waals surface area contributed by atoms with Gasteiger partial charge in [0.2, 0.25) is 0 Å². The first-order chi connectivity index (χ1) is 12.0. The number of amides is 2. The maximum Gasteiger partial charge on any atom is 0.275 e. The van der Waals surface area contributed by atoms with Crippen LogP contribution in [0.1, 0.15) is 32.0 Å². The molecule has 25 heavy (non-hydrogen) atoms. The molecule has 8 nitrogen and oxygen atoms in total. The highest BCUT2D eigenvalue weighted by Crippen LogP contribution is 2.24. The molecule has 0 radical (unpaired) electrons. The zero-order valence-electron chi connectivity index (χ0n) is 13.0. The summed E-state index contributed by atoms with van der Waals surface area (Å²) in [5, 5.41) is 32.7. The Morgan fingerprint density at radius 3 is 2.36 bits per heavy atom. The molecule has 0 spiro atoms. The molecule has 2 aromatic rings. The van der Waals surface area contributed by atoms with Gasteiger partial charge in [0, 0.05) is 18.3 Å². The molecule has 1 heterocycles. The number of aromatic hydroxyl groups is 1. The van der Waals surface area contributed by atoms with Crippen LogP contribution in [-0.4, -0.2) is 38.8 Å². The van der Waals surface area contributed by atoms with Crippen LogP contribution in [0.5, 0.6) is 5.75 Å². The number of nitrogens with zero attached hydrogens (tertiary/aromatic N) is 1. The molecule has 5 N–H and O–H groups in total. The van der Waals surface area contributed by atoms with Gasteiger partial charge >= 0.3 is 0 Å². The Labute approximate surface area is 142 Å². The lowest BCUT2D eigenvalue weighted by molar-refractivity contribution is 0.0896. The van der Waals surface area contributed by atoms with Gasteiger partial charge in [0.05, 0.1) is 12.2 Å². The normalized spacial score (nSPS) is 10.4. The second-order valence-corrected chi connectivity index (χ2v) is 4.98. The third kappa shape index (κ3) is 4.28. The smallest absolute Gasteiger partial charge is 0.275 e. The first-order valence-electron chi connectivity index (χ1n) is 7.21. The van der Waals surface area contributed by atoms with Crippen LogP contribution < -0.4 is 10.6 Å². The number of carbonyl (C=O) groups is 2. The topological polar surface area (TPSA) is 132 Å². The predicted molar refractivity (Wildman–Crippen MR) is 83.9 cm³/mol. The van der Waals surface area contributed by atoms with Crippen LogP contribution in [-0.2, 0) is 13.2 Å². The summed E-state index contributed by atoms with van der Waals surface area (Å²) in [6.07, 6.45) is 1.04. The monoisotopic (exact) mass is 349 g/mol. The van der Waals surface area contributed by atoms with Gasteiger partial charge in [-0.3, -0.25) is 9.59 Å². The van der Waals surface area contributed by atoms with E-state index in [2.05, 4.69) is 10.3 Å². The minimum absolute atomic E-state index is 0.0947. The number of rotatable bonds is 6. The average molecular weight is 349 g/mol. The molecule has 2 amide bonds. The molecule has 0 saturated heterocycles. The summed E-state index contributed by atoms with van der Waals surface area (Å²) in [4.78, 5) is 27.6. The van der Waals surface area contributed by atoms with Crippen molar-refractivity contribution in [2.24, 2.45) is 0 Å². The molecule has 0 unspecified atom stereocenters. The molecule has 0 saturated carbocycles. The molecule has 1 aromatic carbocycles.